The number of hydrogen-bond donors (Lipinski definition) is 3. The molecule has 0 saturated heterocycles. The third-order valence-corrected chi connectivity index (χ3v) is 5.82. The van der Waals surface area contributed by atoms with Gasteiger partial charge in [0.15, 0.2) is 0 Å². The molecule has 0 bridgehead atoms. The monoisotopic (exact) mass is 492 g/mol. The zero-order valence-corrected chi connectivity index (χ0v) is 19.3. The molecule has 3 rings (SSSR count). The van der Waals surface area contributed by atoms with Crippen LogP contribution in [0.1, 0.15) is 37.3 Å². The van der Waals surface area contributed by atoms with Gasteiger partial charge in [0.1, 0.15) is 6.61 Å². The van der Waals surface area contributed by atoms with Crippen molar-refractivity contribution in [1.82, 2.24) is 10.6 Å². The lowest BCUT2D eigenvalue weighted by Crippen LogP contribution is -2.53. The fourth-order valence-electron chi connectivity index (χ4n) is 4.25. The van der Waals surface area contributed by atoms with E-state index in [1.807, 2.05) is 48.5 Å². The maximum atomic E-state index is 12.9. The molecule has 188 valence electrons. The number of hydrogen-bond acceptors (Lipinski definition) is 4. The molecule has 7 nitrogen and oxygen atoms in total. The number of benzene rings is 2. The first-order valence-corrected chi connectivity index (χ1v) is 11.2. The molecule has 0 fully saturated rings. The number of carbonyl (C=O) groups excluding carboxylic acids is 2. The number of alkyl carbamates (subject to hydrolysis) is 1. The Bertz CT molecular complexity index is 1040. The number of amides is 2. The molecule has 1 aliphatic carbocycles. The topological polar surface area (TPSA) is 105 Å². The number of carboxylic acids is 1. The highest BCUT2D eigenvalue weighted by molar-refractivity contribution is 5.86. The summed E-state index contributed by atoms with van der Waals surface area (Å²) in [4.78, 5) is 35.8. The van der Waals surface area contributed by atoms with Crippen molar-refractivity contribution in [2.75, 3.05) is 13.2 Å². The molecular formula is C25H27F3N2O5. The number of fused-ring (bicyclic) bond motifs is 3. The van der Waals surface area contributed by atoms with Crippen LogP contribution in [0.15, 0.2) is 48.5 Å². The van der Waals surface area contributed by atoms with Gasteiger partial charge in [0.05, 0.1) is 5.92 Å². The Labute approximate surface area is 200 Å². The number of carboxylic acid groups (broad SMARTS) is 1. The van der Waals surface area contributed by atoms with E-state index in [0.29, 0.717) is 0 Å². The molecule has 2 unspecified atom stereocenters. The minimum absolute atomic E-state index is 0.0378. The van der Waals surface area contributed by atoms with Gasteiger partial charge < -0.3 is 20.5 Å². The summed E-state index contributed by atoms with van der Waals surface area (Å²) in [5.41, 5.74) is 4.16. The molecule has 10 heteroatoms. The van der Waals surface area contributed by atoms with Crippen molar-refractivity contribution in [3.8, 4) is 11.1 Å². The lowest BCUT2D eigenvalue weighted by Gasteiger charge is -2.23. The smallest absolute Gasteiger partial charge is 0.419 e. The Kier molecular flexibility index (Phi) is 8.03. The normalized spacial score (nSPS) is 14.6. The SMILES string of the molecule is CC(C)CC(CNC(=O)OCC1c2ccccc2-c2ccccc21)C(=O)NC(C(=O)O)C(F)(F)F. The predicted octanol–water partition coefficient (Wildman–Crippen LogP) is 4.32. The third-order valence-electron chi connectivity index (χ3n) is 5.82. The van der Waals surface area contributed by atoms with E-state index in [-0.39, 0.29) is 31.4 Å². The number of nitrogens with one attached hydrogen (secondary N) is 2. The van der Waals surface area contributed by atoms with E-state index in [9.17, 15) is 27.6 Å². The van der Waals surface area contributed by atoms with Crippen LogP contribution in [0.5, 0.6) is 0 Å². The molecule has 2 atom stereocenters. The van der Waals surface area contributed by atoms with Crippen molar-refractivity contribution < 1.29 is 37.4 Å². The lowest BCUT2D eigenvalue weighted by molar-refractivity contribution is -0.182. The van der Waals surface area contributed by atoms with E-state index in [1.165, 1.54) is 5.32 Å². The van der Waals surface area contributed by atoms with Gasteiger partial charge in [-0.15, -0.1) is 0 Å². The van der Waals surface area contributed by atoms with Gasteiger partial charge in [-0.1, -0.05) is 62.4 Å². The molecule has 35 heavy (non-hydrogen) atoms. The quantitative estimate of drug-likeness (QED) is 0.484. The summed E-state index contributed by atoms with van der Waals surface area (Å²) in [6.45, 7) is 3.25. The maximum Gasteiger partial charge on any atom is 0.419 e. The largest absolute Gasteiger partial charge is 0.479 e. The Morgan fingerprint density at radius 3 is 2.03 bits per heavy atom. The van der Waals surface area contributed by atoms with Crippen LogP contribution < -0.4 is 10.6 Å². The van der Waals surface area contributed by atoms with Crippen molar-refractivity contribution in [3.63, 3.8) is 0 Å². The molecule has 0 aromatic heterocycles. The summed E-state index contributed by atoms with van der Waals surface area (Å²) in [6.07, 6.45) is -5.83. The Morgan fingerprint density at radius 2 is 1.54 bits per heavy atom. The van der Waals surface area contributed by atoms with Crippen LogP contribution in [0.2, 0.25) is 0 Å². The second-order valence-electron chi connectivity index (χ2n) is 8.85. The average Bonchev–Trinajstić information content (AvgIpc) is 3.11. The number of aliphatic carboxylic acids is 1. The molecule has 1 aliphatic rings. The van der Waals surface area contributed by atoms with E-state index in [4.69, 9.17) is 9.84 Å². The second-order valence-corrected chi connectivity index (χ2v) is 8.85. The second kappa shape index (κ2) is 10.8. The average molecular weight is 492 g/mol. The van der Waals surface area contributed by atoms with E-state index >= 15 is 0 Å². The molecule has 2 aromatic carbocycles. The minimum atomic E-state index is -5.15. The first-order valence-electron chi connectivity index (χ1n) is 11.2. The first-order chi connectivity index (χ1) is 16.5. The molecule has 0 saturated carbocycles. The van der Waals surface area contributed by atoms with Crippen molar-refractivity contribution >= 4 is 18.0 Å². The molecule has 0 aliphatic heterocycles. The van der Waals surface area contributed by atoms with Crippen molar-refractivity contribution in [1.29, 1.82) is 0 Å². The van der Waals surface area contributed by atoms with Gasteiger partial charge in [-0.05, 0) is 34.6 Å². The third kappa shape index (κ3) is 6.32. The summed E-state index contributed by atoms with van der Waals surface area (Å²) in [7, 11) is 0. The minimum Gasteiger partial charge on any atom is -0.479 e. The number of ether oxygens (including phenoxy) is 1. The molecule has 0 radical (unpaired) electrons. The van der Waals surface area contributed by atoms with Gasteiger partial charge in [-0.2, -0.15) is 13.2 Å². The summed E-state index contributed by atoms with van der Waals surface area (Å²) in [6, 6.07) is 12.5. The summed E-state index contributed by atoms with van der Waals surface area (Å²) in [5.74, 6) is -4.66. The Balaban J connectivity index is 1.61. The van der Waals surface area contributed by atoms with E-state index in [0.717, 1.165) is 22.3 Å². The summed E-state index contributed by atoms with van der Waals surface area (Å²) < 4.78 is 44.2. The zero-order valence-electron chi connectivity index (χ0n) is 19.3. The molecule has 0 spiro atoms. The van der Waals surface area contributed by atoms with Crippen LogP contribution in [0, 0.1) is 11.8 Å². The van der Waals surface area contributed by atoms with Crippen molar-refractivity contribution in [2.24, 2.45) is 11.8 Å². The highest BCUT2D eigenvalue weighted by Gasteiger charge is 2.47. The van der Waals surface area contributed by atoms with Crippen LogP contribution in [-0.4, -0.2) is 48.4 Å². The van der Waals surface area contributed by atoms with E-state index < -0.39 is 36.1 Å². The molecule has 2 aromatic rings. The van der Waals surface area contributed by atoms with Gasteiger partial charge in [0.25, 0.3) is 0 Å². The highest BCUT2D eigenvalue weighted by Crippen LogP contribution is 2.44. The number of rotatable bonds is 9. The van der Waals surface area contributed by atoms with Gasteiger partial charge in [-0.3, -0.25) is 4.79 Å². The Hall–Kier alpha value is -3.56. The number of alkyl halides is 3. The highest BCUT2D eigenvalue weighted by atomic mass is 19.4. The number of halogens is 3. The molecule has 2 amide bonds. The fraction of sp³-hybridized carbons (Fsp3) is 0.400. The van der Waals surface area contributed by atoms with Gasteiger partial charge >= 0.3 is 18.2 Å². The van der Waals surface area contributed by atoms with Crippen LogP contribution in [0.25, 0.3) is 11.1 Å². The molecular weight excluding hydrogens is 465 g/mol. The van der Waals surface area contributed by atoms with Gasteiger partial charge in [-0.25, -0.2) is 9.59 Å². The fourth-order valence-corrected chi connectivity index (χ4v) is 4.25. The Morgan fingerprint density at radius 1 is 1.00 bits per heavy atom. The number of carbonyl (C=O) groups is 3. The molecule has 3 N–H and O–H groups in total. The standard InChI is InChI=1S/C25H27F3N2O5/c1-14(2)11-15(22(31)30-21(23(32)33)25(26,27)28)12-29-24(34)35-13-20-18-9-5-3-7-16(18)17-8-4-6-10-19(17)20/h3-10,14-15,20-21H,11-13H2,1-2H3,(H,29,34)(H,30,31)(H,32,33). The van der Waals surface area contributed by atoms with Gasteiger partial charge in [0, 0.05) is 12.5 Å². The van der Waals surface area contributed by atoms with Crippen LogP contribution >= 0.6 is 0 Å². The molecule has 0 heterocycles. The predicted molar refractivity (Wildman–Crippen MR) is 122 cm³/mol. The van der Waals surface area contributed by atoms with Gasteiger partial charge in [0.2, 0.25) is 11.9 Å². The van der Waals surface area contributed by atoms with E-state index in [1.54, 1.807) is 13.8 Å². The van der Waals surface area contributed by atoms with Crippen LogP contribution in [0.3, 0.4) is 0 Å². The van der Waals surface area contributed by atoms with Crippen LogP contribution in [-0.2, 0) is 14.3 Å². The van der Waals surface area contributed by atoms with E-state index in [2.05, 4.69) is 5.32 Å². The zero-order chi connectivity index (χ0) is 25.8. The maximum absolute atomic E-state index is 12.9. The summed E-state index contributed by atoms with van der Waals surface area (Å²) in [5, 5.41) is 12.8. The summed E-state index contributed by atoms with van der Waals surface area (Å²) >= 11 is 0. The first kappa shape index (κ1) is 26.1. The van der Waals surface area contributed by atoms with Crippen molar-refractivity contribution in [3.05, 3.63) is 59.7 Å². The van der Waals surface area contributed by atoms with Crippen molar-refractivity contribution in [2.45, 2.75) is 38.4 Å². The lowest BCUT2D eigenvalue weighted by atomic mass is 9.96. The van der Waals surface area contributed by atoms with Crippen LogP contribution in [0.4, 0.5) is 18.0 Å².